The highest BCUT2D eigenvalue weighted by Gasteiger charge is 2.39. The van der Waals surface area contributed by atoms with Crippen LogP contribution in [0.5, 0.6) is 0 Å². The highest BCUT2D eigenvalue weighted by atomic mass is 19.1. The molecule has 114 valence electrons. The van der Waals surface area contributed by atoms with Gasteiger partial charge in [0.15, 0.2) is 0 Å². The highest BCUT2D eigenvalue weighted by Crippen LogP contribution is 2.41. The molecule has 0 aliphatic carbocycles. The second kappa shape index (κ2) is 4.82. The number of hydrogen-bond donors (Lipinski definition) is 2. The van der Waals surface area contributed by atoms with Crippen molar-refractivity contribution in [1.29, 1.82) is 5.26 Å². The van der Waals surface area contributed by atoms with Gasteiger partial charge in [0.25, 0.3) is 0 Å². The highest BCUT2D eigenvalue weighted by molar-refractivity contribution is 5.93. The normalized spacial score (nSPS) is 20.6. The largest absolute Gasteiger partial charge is 0.481 e. The maximum absolute atomic E-state index is 14.1. The number of rotatable bonds is 2. The zero-order valence-electron chi connectivity index (χ0n) is 12.3. The van der Waals surface area contributed by atoms with Gasteiger partial charge in [0.05, 0.1) is 29.8 Å². The summed E-state index contributed by atoms with van der Waals surface area (Å²) in [6, 6.07) is 3.24. The van der Waals surface area contributed by atoms with E-state index in [1.807, 2.05) is 6.07 Å². The van der Waals surface area contributed by atoms with Gasteiger partial charge in [-0.1, -0.05) is 0 Å². The number of aryl methyl sites for hydroxylation is 1. The molecule has 1 aromatic heterocycles. The minimum atomic E-state index is -1.01. The summed E-state index contributed by atoms with van der Waals surface area (Å²) >= 11 is 0. The molecule has 0 saturated carbocycles. The molecule has 1 aromatic carbocycles. The minimum Gasteiger partial charge on any atom is -0.481 e. The molecule has 0 spiro atoms. The number of aromatic nitrogens is 1. The van der Waals surface area contributed by atoms with Gasteiger partial charge in [-0.15, -0.1) is 0 Å². The van der Waals surface area contributed by atoms with Gasteiger partial charge in [-0.2, -0.15) is 5.26 Å². The molecule has 1 atom stereocenters. The third kappa shape index (κ3) is 1.97. The molecule has 0 bridgehead atoms. The summed E-state index contributed by atoms with van der Waals surface area (Å²) in [6.07, 6.45) is 0.318. The Bertz CT molecular complexity index is 834. The molecule has 2 aromatic rings. The summed E-state index contributed by atoms with van der Waals surface area (Å²) in [5, 5.41) is 18.9. The molecule has 0 radical (unpaired) electrons. The third-order valence-electron chi connectivity index (χ3n) is 4.23. The van der Waals surface area contributed by atoms with E-state index in [9.17, 15) is 14.4 Å². The van der Waals surface area contributed by atoms with Crippen molar-refractivity contribution in [1.82, 2.24) is 4.98 Å². The zero-order chi connectivity index (χ0) is 16.1. The van der Waals surface area contributed by atoms with Gasteiger partial charge in [-0.3, -0.25) is 4.79 Å². The van der Waals surface area contributed by atoms with E-state index in [-0.39, 0.29) is 12.0 Å². The second-order valence-electron chi connectivity index (χ2n) is 5.79. The van der Waals surface area contributed by atoms with Gasteiger partial charge in [0.2, 0.25) is 0 Å². The number of carboxylic acids is 1. The average molecular weight is 302 g/mol. The summed E-state index contributed by atoms with van der Waals surface area (Å²) < 4.78 is 19.8. The van der Waals surface area contributed by atoms with Crippen molar-refractivity contribution in [2.75, 3.05) is 6.61 Å². The fraction of sp³-hybridized carbons (Fsp3) is 0.375. The molecule has 6 heteroatoms. The molecule has 2 heterocycles. The fourth-order valence-corrected chi connectivity index (χ4v) is 3.25. The number of carbonyl (C=O) groups is 1. The Morgan fingerprint density at radius 2 is 2.36 bits per heavy atom. The smallest absolute Gasteiger partial charge is 0.306 e. The van der Waals surface area contributed by atoms with Crippen molar-refractivity contribution < 1.29 is 19.0 Å². The van der Waals surface area contributed by atoms with Crippen molar-refractivity contribution >= 4 is 16.9 Å². The van der Waals surface area contributed by atoms with Crippen molar-refractivity contribution in [3.63, 3.8) is 0 Å². The van der Waals surface area contributed by atoms with Gasteiger partial charge >= 0.3 is 5.97 Å². The number of nitrogens with one attached hydrogen (secondary N) is 1. The van der Waals surface area contributed by atoms with Crippen molar-refractivity contribution in [3.05, 3.63) is 34.3 Å². The number of nitriles is 1. The summed E-state index contributed by atoms with van der Waals surface area (Å²) in [6.45, 7) is 3.79. The number of aromatic amines is 1. The third-order valence-corrected chi connectivity index (χ3v) is 4.23. The number of aliphatic carboxylic acids is 1. The first-order valence-corrected chi connectivity index (χ1v) is 6.97. The van der Waals surface area contributed by atoms with Gasteiger partial charge in [-0.25, -0.2) is 4.39 Å². The lowest BCUT2D eigenvalue weighted by Gasteiger charge is -2.32. The minimum absolute atomic E-state index is 0.00215. The Morgan fingerprint density at radius 1 is 1.64 bits per heavy atom. The first-order valence-electron chi connectivity index (χ1n) is 6.97. The lowest BCUT2D eigenvalue weighted by molar-refractivity contribution is -0.146. The SMILES string of the molecule is Cc1cc(F)c(C#N)c2c3c([nH]c12)C(C)(CC(=O)O)OCC3. The van der Waals surface area contributed by atoms with Crippen LogP contribution in [0.15, 0.2) is 6.07 Å². The van der Waals surface area contributed by atoms with Gasteiger partial charge in [0.1, 0.15) is 17.5 Å². The van der Waals surface area contributed by atoms with Crippen LogP contribution in [0, 0.1) is 24.1 Å². The van der Waals surface area contributed by atoms with E-state index in [0.29, 0.717) is 35.2 Å². The van der Waals surface area contributed by atoms with Crippen LogP contribution in [0.1, 0.15) is 35.7 Å². The average Bonchev–Trinajstić information content (AvgIpc) is 2.80. The number of hydrogen-bond acceptors (Lipinski definition) is 3. The number of halogens is 1. The Balaban J connectivity index is 2.35. The van der Waals surface area contributed by atoms with Gasteiger partial charge in [-0.05, 0) is 37.5 Å². The fourth-order valence-electron chi connectivity index (χ4n) is 3.25. The molecule has 1 aliphatic rings. The van der Waals surface area contributed by atoms with Crippen LogP contribution in [-0.4, -0.2) is 22.7 Å². The number of benzene rings is 1. The van der Waals surface area contributed by atoms with Crippen LogP contribution in [0.2, 0.25) is 0 Å². The van der Waals surface area contributed by atoms with Crippen molar-refractivity contribution in [3.8, 4) is 6.07 Å². The van der Waals surface area contributed by atoms with E-state index in [1.54, 1.807) is 13.8 Å². The van der Waals surface area contributed by atoms with E-state index >= 15 is 0 Å². The number of fused-ring (bicyclic) bond motifs is 3. The second-order valence-corrected chi connectivity index (χ2v) is 5.79. The Morgan fingerprint density at radius 3 is 3.00 bits per heavy atom. The maximum atomic E-state index is 14.1. The summed E-state index contributed by atoms with van der Waals surface area (Å²) in [5.74, 6) is -1.53. The lowest BCUT2D eigenvalue weighted by atomic mass is 9.89. The van der Waals surface area contributed by atoms with Crippen LogP contribution < -0.4 is 0 Å². The molecule has 0 amide bonds. The molecular weight excluding hydrogens is 287 g/mol. The molecular formula is C16H15FN2O3. The first-order chi connectivity index (χ1) is 10.4. The summed E-state index contributed by atoms with van der Waals surface area (Å²) in [7, 11) is 0. The Kier molecular flexibility index (Phi) is 3.18. The molecule has 22 heavy (non-hydrogen) atoms. The van der Waals surface area contributed by atoms with Crippen LogP contribution in [0.25, 0.3) is 10.9 Å². The molecule has 1 unspecified atom stereocenters. The molecule has 1 aliphatic heterocycles. The van der Waals surface area contributed by atoms with Gasteiger partial charge < -0.3 is 14.8 Å². The predicted octanol–water partition coefficient (Wildman–Crippen LogP) is 2.75. The van der Waals surface area contributed by atoms with Crippen LogP contribution in [-0.2, 0) is 21.6 Å². The van der Waals surface area contributed by atoms with E-state index in [1.165, 1.54) is 6.07 Å². The topological polar surface area (TPSA) is 86.1 Å². The van der Waals surface area contributed by atoms with Crippen molar-refractivity contribution in [2.45, 2.75) is 32.3 Å². The van der Waals surface area contributed by atoms with E-state index in [0.717, 1.165) is 5.56 Å². The van der Waals surface area contributed by atoms with E-state index < -0.39 is 17.4 Å². The molecule has 0 fully saturated rings. The summed E-state index contributed by atoms with van der Waals surface area (Å²) in [5.41, 5.74) is 1.75. The number of ether oxygens (including phenoxy) is 1. The van der Waals surface area contributed by atoms with Crippen LogP contribution in [0.4, 0.5) is 4.39 Å². The van der Waals surface area contributed by atoms with Crippen LogP contribution in [0.3, 0.4) is 0 Å². The summed E-state index contributed by atoms with van der Waals surface area (Å²) in [4.78, 5) is 14.3. The Labute approximate surface area is 126 Å². The van der Waals surface area contributed by atoms with Gasteiger partial charge in [0, 0.05) is 5.39 Å². The number of nitrogens with zero attached hydrogens (tertiary/aromatic N) is 1. The quantitative estimate of drug-likeness (QED) is 0.893. The maximum Gasteiger partial charge on any atom is 0.306 e. The van der Waals surface area contributed by atoms with E-state index in [4.69, 9.17) is 9.84 Å². The molecule has 2 N–H and O–H groups in total. The Hall–Kier alpha value is -2.39. The van der Waals surface area contributed by atoms with Crippen LogP contribution >= 0.6 is 0 Å². The lowest BCUT2D eigenvalue weighted by Crippen LogP contribution is -2.34. The monoisotopic (exact) mass is 302 g/mol. The molecule has 5 nitrogen and oxygen atoms in total. The number of carboxylic acid groups (broad SMARTS) is 1. The predicted molar refractivity (Wildman–Crippen MR) is 77.0 cm³/mol. The number of H-pyrrole nitrogens is 1. The molecule has 3 rings (SSSR count). The first kappa shape index (κ1) is 14.5. The molecule has 0 saturated heterocycles. The van der Waals surface area contributed by atoms with Crippen molar-refractivity contribution in [2.24, 2.45) is 0 Å². The zero-order valence-corrected chi connectivity index (χ0v) is 12.3. The standard InChI is InChI=1S/C16H15FN2O3/c1-8-5-11(17)10(7-18)13-9-3-4-22-16(2,6-12(20)21)15(9)19-14(8)13/h5,19H,3-4,6H2,1-2H3,(H,20,21). The van der Waals surface area contributed by atoms with E-state index in [2.05, 4.69) is 4.98 Å².